The maximum atomic E-state index is 6.19. The minimum absolute atomic E-state index is 0.763. The fraction of sp³-hybridized carbons (Fsp3) is 0.133. The number of rotatable bonds is 3. The Bertz CT molecular complexity index is 718. The van der Waals surface area contributed by atoms with Crippen LogP contribution in [0.4, 0.5) is 11.4 Å². The van der Waals surface area contributed by atoms with E-state index in [9.17, 15) is 0 Å². The monoisotopic (exact) mass is 269 g/mol. The summed E-state index contributed by atoms with van der Waals surface area (Å²) < 4.78 is 0. The summed E-state index contributed by atoms with van der Waals surface area (Å²) in [7, 11) is 0. The van der Waals surface area contributed by atoms with E-state index in [0.29, 0.717) is 0 Å². The number of hydrogen-bond donors (Lipinski definition) is 2. The summed E-state index contributed by atoms with van der Waals surface area (Å²) in [6.45, 7) is 2.92. The predicted molar refractivity (Wildman–Crippen MR) is 82.5 cm³/mol. The highest BCUT2D eigenvalue weighted by atomic mass is 32.1. The van der Waals surface area contributed by atoms with E-state index in [1.54, 1.807) is 17.5 Å². The van der Waals surface area contributed by atoms with Crippen molar-refractivity contribution in [1.29, 1.82) is 0 Å². The molecule has 3 rings (SSSR count). The zero-order valence-corrected chi connectivity index (χ0v) is 11.5. The van der Waals surface area contributed by atoms with Gasteiger partial charge >= 0.3 is 0 Å². The summed E-state index contributed by atoms with van der Waals surface area (Å²) in [4.78, 5) is 6.93. The van der Waals surface area contributed by atoms with E-state index >= 15 is 0 Å². The van der Waals surface area contributed by atoms with E-state index < -0.39 is 0 Å². The summed E-state index contributed by atoms with van der Waals surface area (Å²) in [5.41, 5.74) is 8.84. The van der Waals surface area contributed by atoms with Gasteiger partial charge in [-0.15, -0.1) is 11.3 Å². The molecule has 0 aliphatic heterocycles. The Labute approximate surface area is 116 Å². The summed E-state index contributed by atoms with van der Waals surface area (Å²) in [6.07, 6.45) is 1.78. The number of aryl methyl sites for hydroxylation is 1. The number of benzene rings is 1. The highest BCUT2D eigenvalue weighted by Crippen LogP contribution is 2.28. The van der Waals surface area contributed by atoms with E-state index in [4.69, 9.17) is 5.73 Å². The van der Waals surface area contributed by atoms with E-state index in [1.807, 2.05) is 24.3 Å². The van der Waals surface area contributed by atoms with Gasteiger partial charge in [0.15, 0.2) is 0 Å². The molecular formula is C15H15N3S. The smallest absolute Gasteiger partial charge is 0.0724 e. The zero-order chi connectivity index (χ0) is 13.2. The van der Waals surface area contributed by atoms with Crippen molar-refractivity contribution < 1.29 is 0 Å². The molecule has 0 saturated heterocycles. The summed E-state index contributed by atoms with van der Waals surface area (Å²) >= 11 is 1.80. The summed E-state index contributed by atoms with van der Waals surface area (Å²) in [5, 5.41) is 4.39. The summed E-state index contributed by atoms with van der Waals surface area (Å²) in [5.74, 6) is 0. The topological polar surface area (TPSA) is 50.9 Å². The standard InChI is InChI=1S/C15H15N3S/c1-10-4-5-11(19-10)9-18-14-7-6-13-12(15(14)16)3-2-8-17-13/h2-8,18H,9,16H2,1H3. The van der Waals surface area contributed by atoms with Crippen molar-refractivity contribution in [2.75, 3.05) is 11.1 Å². The lowest BCUT2D eigenvalue weighted by molar-refractivity contribution is 1.20. The second-order valence-electron chi connectivity index (χ2n) is 4.46. The zero-order valence-electron chi connectivity index (χ0n) is 10.7. The van der Waals surface area contributed by atoms with Crippen molar-refractivity contribution in [3.05, 3.63) is 52.3 Å². The van der Waals surface area contributed by atoms with Gasteiger partial charge in [-0.05, 0) is 43.3 Å². The molecule has 0 bridgehead atoms. The van der Waals surface area contributed by atoms with Crippen molar-refractivity contribution >= 4 is 33.6 Å². The normalized spacial score (nSPS) is 10.8. The molecule has 96 valence electrons. The maximum absolute atomic E-state index is 6.19. The highest BCUT2D eigenvalue weighted by Gasteiger charge is 2.05. The fourth-order valence-electron chi connectivity index (χ4n) is 2.09. The molecule has 0 unspecified atom stereocenters. The highest BCUT2D eigenvalue weighted by molar-refractivity contribution is 7.11. The second-order valence-corrected chi connectivity index (χ2v) is 5.84. The third-order valence-corrected chi connectivity index (χ3v) is 4.08. The lowest BCUT2D eigenvalue weighted by atomic mass is 10.1. The van der Waals surface area contributed by atoms with Crippen LogP contribution in [0.25, 0.3) is 10.9 Å². The Morgan fingerprint density at radius 1 is 1.21 bits per heavy atom. The van der Waals surface area contributed by atoms with Gasteiger partial charge in [-0.25, -0.2) is 0 Å². The number of nitrogens with two attached hydrogens (primary N) is 1. The Morgan fingerprint density at radius 2 is 2.11 bits per heavy atom. The van der Waals surface area contributed by atoms with Gasteiger partial charge in [-0.1, -0.05) is 0 Å². The molecule has 3 N–H and O–H groups in total. The van der Waals surface area contributed by atoms with Crippen LogP contribution in [0.5, 0.6) is 0 Å². The van der Waals surface area contributed by atoms with Crippen molar-refractivity contribution in [2.45, 2.75) is 13.5 Å². The van der Waals surface area contributed by atoms with E-state index in [0.717, 1.165) is 28.8 Å². The quantitative estimate of drug-likeness (QED) is 0.711. The number of nitrogen functional groups attached to an aromatic ring is 1. The molecule has 0 spiro atoms. The van der Waals surface area contributed by atoms with Crippen molar-refractivity contribution in [3.8, 4) is 0 Å². The first-order valence-corrected chi connectivity index (χ1v) is 6.98. The molecule has 0 radical (unpaired) electrons. The van der Waals surface area contributed by atoms with Gasteiger partial charge in [0.05, 0.1) is 16.9 Å². The third kappa shape index (κ3) is 2.39. The van der Waals surface area contributed by atoms with Crippen LogP contribution in [-0.2, 0) is 6.54 Å². The number of aromatic nitrogens is 1. The molecule has 0 fully saturated rings. The second kappa shape index (κ2) is 4.90. The third-order valence-electron chi connectivity index (χ3n) is 3.08. The number of hydrogen-bond acceptors (Lipinski definition) is 4. The molecule has 4 heteroatoms. The van der Waals surface area contributed by atoms with Gasteiger partial charge in [0.25, 0.3) is 0 Å². The summed E-state index contributed by atoms with van der Waals surface area (Å²) in [6, 6.07) is 12.2. The lowest BCUT2D eigenvalue weighted by Gasteiger charge is -2.10. The van der Waals surface area contributed by atoms with Crippen LogP contribution >= 0.6 is 11.3 Å². The Kier molecular flexibility index (Phi) is 3.09. The molecule has 0 atom stereocenters. The minimum atomic E-state index is 0.763. The van der Waals surface area contributed by atoms with Crippen molar-refractivity contribution in [3.63, 3.8) is 0 Å². The SMILES string of the molecule is Cc1ccc(CNc2ccc3ncccc3c2N)s1. The first-order valence-electron chi connectivity index (χ1n) is 6.16. The van der Waals surface area contributed by atoms with Crippen LogP contribution in [0.15, 0.2) is 42.6 Å². The van der Waals surface area contributed by atoms with Gasteiger partial charge in [0.2, 0.25) is 0 Å². The van der Waals surface area contributed by atoms with E-state index in [-0.39, 0.29) is 0 Å². The number of thiophene rings is 1. The molecule has 2 heterocycles. The number of nitrogens with one attached hydrogen (secondary N) is 1. The first-order chi connectivity index (χ1) is 9.24. The van der Waals surface area contributed by atoms with Crippen LogP contribution in [0.1, 0.15) is 9.75 Å². The molecule has 1 aromatic carbocycles. The van der Waals surface area contributed by atoms with Crippen LogP contribution in [-0.4, -0.2) is 4.98 Å². The van der Waals surface area contributed by atoms with Gasteiger partial charge in [-0.3, -0.25) is 4.98 Å². The molecule has 0 aliphatic carbocycles. The van der Waals surface area contributed by atoms with Crippen LogP contribution in [0.2, 0.25) is 0 Å². The minimum Gasteiger partial charge on any atom is -0.397 e. The van der Waals surface area contributed by atoms with Gasteiger partial charge < -0.3 is 11.1 Å². The predicted octanol–water partition coefficient (Wildman–Crippen LogP) is 3.80. The molecule has 19 heavy (non-hydrogen) atoms. The molecule has 3 nitrogen and oxygen atoms in total. The number of nitrogens with zero attached hydrogens (tertiary/aromatic N) is 1. The van der Waals surface area contributed by atoms with Crippen LogP contribution < -0.4 is 11.1 Å². The molecule has 3 aromatic rings. The Balaban J connectivity index is 1.87. The van der Waals surface area contributed by atoms with Gasteiger partial charge in [0.1, 0.15) is 0 Å². The van der Waals surface area contributed by atoms with E-state index in [1.165, 1.54) is 9.75 Å². The van der Waals surface area contributed by atoms with Crippen molar-refractivity contribution in [1.82, 2.24) is 4.98 Å². The average Bonchev–Trinajstić information content (AvgIpc) is 2.84. The van der Waals surface area contributed by atoms with Crippen LogP contribution in [0.3, 0.4) is 0 Å². The Hall–Kier alpha value is -2.07. The van der Waals surface area contributed by atoms with Crippen molar-refractivity contribution in [2.24, 2.45) is 0 Å². The van der Waals surface area contributed by atoms with Gasteiger partial charge in [0, 0.05) is 27.9 Å². The molecule has 0 amide bonds. The van der Waals surface area contributed by atoms with Crippen LogP contribution in [0, 0.1) is 6.92 Å². The maximum Gasteiger partial charge on any atom is 0.0724 e. The molecule has 2 aromatic heterocycles. The number of fused-ring (bicyclic) bond motifs is 1. The van der Waals surface area contributed by atoms with E-state index in [2.05, 4.69) is 29.4 Å². The molecule has 0 aliphatic rings. The largest absolute Gasteiger partial charge is 0.397 e. The Morgan fingerprint density at radius 3 is 2.89 bits per heavy atom. The van der Waals surface area contributed by atoms with Gasteiger partial charge in [-0.2, -0.15) is 0 Å². The molecule has 0 saturated carbocycles. The first kappa shape index (κ1) is 12.0. The average molecular weight is 269 g/mol. The number of pyridine rings is 1. The lowest BCUT2D eigenvalue weighted by Crippen LogP contribution is -2.01. The number of anilines is 2. The fourth-order valence-corrected chi connectivity index (χ4v) is 2.92. The molecular weight excluding hydrogens is 254 g/mol.